The van der Waals surface area contributed by atoms with Crippen molar-refractivity contribution >= 4 is 54.3 Å². The molecule has 0 fully saturated rings. The van der Waals surface area contributed by atoms with Crippen molar-refractivity contribution in [3.63, 3.8) is 0 Å². The van der Waals surface area contributed by atoms with Crippen LogP contribution in [0.15, 0.2) is 186 Å². The Kier molecular flexibility index (Phi) is 3.79. The van der Waals surface area contributed by atoms with E-state index < -0.39 is 131 Å². The predicted molar refractivity (Wildman–Crippen MR) is 212 cm³/mol. The van der Waals surface area contributed by atoms with Crippen molar-refractivity contribution in [1.82, 2.24) is 0 Å². The van der Waals surface area contributed by atoms with Gasteiger partial charge in [0.05, 0.1) is 23.3 Å². The van der Waals surface area contributed by atoms with E-state index in [9.17, 15) is 11.0 Å². The first-order valence-corrected chi connectivity index (χ1v) is 15.9. The highest BCUT2D eigenvalue weighted by Crippen LogP contribution is 2.42. The minimum absolute atomic E-state index is 0.134. The largest absolute Gasteiger partial charge is 0.456 e. The van der Waals surface area contributed by atoms with Crippen molar-refractivity contribution in [2.24, 2.45) is 0 Å². The Bertz CT molecular complexity index is 3730. The second kappa shape index (κ2) is 11.6. The van der Waals surface area contributed by atoms with Crippen LogP contribution in [0.25, 0.3) is 87.6 Å². The zero-order chi connectivity index (χ0) is 47.8. The van der Waals surface area contributed by atoms with Crippen LogP contribution in [0.2, 0.25) is 0 Å². The zero-order valence-electron chi connectivity index (χ0n) is 43.1. The van der Waals surface area contributed by atoms with Gasteiger partial charge in [0, 0.05) is 10.8 Å². The van der Waals surface area contributed by atoms with E-state index in [0.29, 0.717) is 11.2 Å². The summed E-state index contributed by atoms with van der Waals surface area (Å²) in [6.45, 7) is 0. The van der Waals surface area contributed by atoms with E-state index in [1.165, 1.54) is 0 Å². The molecule has 0 radical (unpaired) electrons. The highest BCUT2D eigenvalue weighted by Gasteiger charge is 2.17. The van der Waals surface area contributed by atoms with E-state index in [-0.39, 0.29) is 33.0 Å². The fourth-order valence-electron chi connectivity index (χ4n) is 6.92. The van der Waals surface area contributed by atoms with Gasteiger partial charge in [0.15, 0.2) is 0 Å². The molecule has 10 rings (SSSR count). The Labute approximate surface area is 314 Å². The zero-order valence-corrected chi connectivity index (χ0v) is 26.1. The maximum Gasteiger partial charge on any atom is 0.136 e. The van der Waals surface area contributed by atoms with E-state index in [0.717, 1.165) is 32.7 Å². The fraction of sp³-hybridized carbons (Fsp3) is 0.0204. The minimum atomic E-state index is -0.776. The molecule has 10 aromatic rings. The molecule has 0 N–H and O–H groups in total. The summed E-state index contributed by atoms with van der Waals surface area (Å²) in [5.41, 5.74) is 1.54. The number of benzene rings is 9. The molecule has 9 aromatic carbocycles. The number of rotatable bonds is 5. The lowest BCUT2D eigenvalue weighted by Crippen LogP contribution is -1.95. The Morgan fingerprint density at radius 2 is 1.08 bits per heavy atom. The molecule has 0 unspecified atom stereocenters. The Balaban J connectivity index is 1.26. The molecule has 1 heteroatoms. The highest BCUT2D eigenvalue weighted by molar-refractivity contribution is 6.17. The summed E-state index contributed by atoms with van der Waals surface area (Å²) in [6.07, 6.45) is -0.658. The smallest absolute Gasteiger partial charge is 0.136 e. The molecule has 0 aliphatic rings. The van der Waals surface area contributed by atoms with Gasteiger partial charge in [-0.05, 0) is 101 Å². The van der Waals surface area contributed by atoms with E-state index >= 15 is 0 Å². The van der Waals surface area contributed by atoms with Gasteiger partial charge >= 0.3 is 0 Å². The number of furan rings is 1. The summed E-state index contributed by atoms with van der Waals surface area (Å²) >= 11 is 0. The third-order valence-corrected chi connectivity index (χ3v) is 9.12. The second-order valence-corrected chi connectivity index (χ2v) is 11.9. The van der Waals surface area contributed by atoms with Crippen LogP contribution in [-0.4, -0.2) is 0 Å². The third kappa shape index (κ3) is 4.63. The topological polar surface area (TPSA) is 13.1 Å². The van der Waals surface area contributed by atoms with Crippen LogP contribution in [0.4, 0.5) is 0 Å². The monoisotopic (exact) mass is 653 g/mol. The molecular weight excluding hydrogens is 605 g/mol. The van der Waals surface area contributed by atoms with Crippen LogP contribution >= 0.6 is 0 Å². The minimum Gasteiger partial charge on any atom is -0.456 e. The van der Waals surface area contributed by atoms with Crippen LogP contribution in [0.1, 0.15) is 34.4 Å². The van der Waals surface area contributed by atoms with Crippen LogP contribution in [0.3, 0.4) is 0 Å². The van der Waals surface area contributed by atoms with Crippen molar-refractivity contribution in [2.75, 3.05) is 0 Å². The molecule has 0 aliphatic carbocycles. The highest BCUT2D eigenvalue weighted by atomic mass is 16.3. The summed E-state index contributed by atoms with van der Waals surface area (Å²) in [5.74, 6) is 0. The predicted octanol–water partition coefficient (Wildman–Crippen LogP) is 13.6. The molecule has 1 heterocycles. The summed E-state index contributed by atoms with van der Waals surface area (Å²) in [5, 5.41) is 2.13. The lowest BCUT2D eigenvalue weighted by atomic mass is 9.86. The van der Waals surface area contributed by atoms with E-state index in [1.54, 1.807) is 18.2 Å². The SMILES string of the molecule is [2H]c1c([2H])c([2H])c(Cc2c3c([2H])c([2H])c([2H])c([2H])c3c(-c3c([2H])c([2H])c(-c4ccc5c(c4)oc4cccc(-c6cccc7ccccc67)c45)c([2H])c3[2H])c3c([2H])c([2H])c([2H])c([2H])c23)c([2H])c1[2H]. The molecule has 0 bridgehead atoms. The molecule has 1 aromatic heterocycles. The van der Waals surface area contributed by atoms with Crippen molar-refractivity contribution < 1.29 is 27.7 Å². The van der Waals surface area contributed by atoms with E-state index in [4.69, 9.17) is 16.8 Å². The first-order chi connectivity index (χ1) is 31.9. The van der Waals surface area contributed by atoms with Gasteiger partial charge in [-0.3, -0.25) is 0 Å². The van der Waals surface area contributed by atoms with Gasteiger partial charge in [-0.1, -0.05) is 163 Å². The van der Waals surface area contributed by atoms with E-state index in [1.807, 2.05) is 60.7 Å². The van der Waals surface area contributed by atoms with Gasteiger partial charge in [-0.25, -0.2) is 0 Å². The standard InChI is InChI=1S/C49H32O/c1-2-12-32(13-3-1)30-45-39-17-6-8-19-41(39)48(42-20-9-7-18-40(42)45)35-26-24-33(25-27-35)36-28-29-44-47(31-36)50-46-23-11-22-43(49(44)46)38-21-10-15-34-14-4-5-16-37(34)38/h1-29,31H,30H2/i1D,2D,3D,6D,7D,8D,9D,12D,13D,17D,18D,19D,20D,24D,25D,26D,27D. The Morgan fingerprint density at radius 3 is 1.86 bits per heavy atom. The van der Waals surface area contributed by atoms with Crippen LogP contribution in [-0.2, 0) is 6.42 Å². The second-order valence-electron chi connectivity index (χ2n) is 11.9. The fourth-order valence-corrected chi connectivity index (χ4v) is 6.92. The molecule has 50 heavy (non-hydrogen) atoms. The van der Waals surface area contributed by atoms with Gasteiger partial charge in [-0.2, -0.15) is 0 Å². The normalized spacial score (nSPS) is 16.4. The molecule has 0 atom stereocenters. The third-order valence-electron chi connectivity index (χ3n) is 9.12. The average Bonchev–Trinajstić information content (AvgIpc) is 3.71. The van der Waals surface area contributed by atoms with Crippen LogP contribution in [0.5, 0.6) is 0 Å². The average molecular weight is 654 g/mol. The van der Waals surface area contributed by atoms with Crippen molar-refractivity contribution in [2.45, 2.75) is 6.42 Å². The maximum atomic E-state index is 9.54. The van der Waals surface area contributed by atoms with Crippen LogP contribution in [0, 0.1) is 0 Å². The molecule has 0 saturated heterocycles. The molecule has 0 amide bonds. The Morgan fingerprint density at radius 1 is 0.440 bits per heavy atom. The van der Waals surface area contributed by atoms with Crippen molar-refractivity contribution in [3.8, 4) is 33.4 Å². The number of hydrogen-bond donors (Lipinski definition) is 0. The summed E-state index contributed by atoms with van der Waals surface area (Å²) in [7, 11) is 0. The summed E-state index contributed by atoms with van der Waals surface area (Å²) < 4.78 is 158. The molecule has 234 valence electrons. The van der Waals surface area contributed by atoms with Gasteiger partial charge < -0.3 is 4.42 Å². The lowest BCUT2D eigenvalue weighted by molar-refractivity contribution is 0.669. The van der Waals surface area contributed by atoms with Gasteiger partial charge in [-0.15, -0.1) is 0 Å². The Hall–Kier alpha value is -6.44. The summed E-state index contributed by atoms with van der Waals surface area (Å²) in [6, 6.07) is 13.1. The number of fused-ring (bicyclic) bond motifs is 6. The molecule has 0 aliphatic heterocycles. The molecule has 0 spiro atoms. The summed E-state index contributed by atoms with van der Waals surface area (Å²) in [4.78, 5) is 0. The number of hydrogen-bond acceptors (Lipinski definition) is 1. The van der Waals surface area contributed by atoms with E-state index in [2.05, 4.69) is 0 Å². The maximum absolute atomic E-state index is 9.54. The molecule has 1 nitrogen and oxygen atoms in total. The lowest BCUT2D eigenvalue weighted by Gasteiger charge is -2.18. The van der Waals surface area contributed by atoms with Crippen molar-refractivity contribution in [1.29, 1.82) is 0 Å². The van der Waals surface area contributed by atoms with Crippen molar-refractivity contribution in [3.05, 3.63) is 193 Å². The quantitative estimate of drug-likeness (QED) is 0.169. The van der Waals surface area contributed by atoms with Gasteiger partial charge in [0.25, 0.3) is 0 Å². The first-order valence-electron chi connectivity index (χ1n) is 24.4. The van der Waals surface area contributed by atoms with Crippen LogP contribution < -0.4 is 0 Å². The first kappa shape index (κ1) is 16.3. The van der Waals surface area contributed by atoms with Gasteiger partial charge in [0.2, 0.25) is 0 Å². The molecule has 0 saturated carbocycles. The molecular formula is C49H32O. The van der Waals surface area contributed by atoms with Gasteiger partial charge in [0.1, 0.15) is 11.2 Å².